The van der Waals surface area contributed by atoms with Gasteiger partial charge >= 0.3 is 0 Å². The molecule has 122 valence electrons. The van der Waals surface area contributed by atoms with Crippen molar-refractivity contribution >= 4 is 35.0 Å². The number of carbonyl (C=O) groups excluding carboxylic acids is 1. The van der Waals surface area contributed by atoms with Crippen molar-refractivity contribution in [2.45, 2.75) is 0 Å². The number of benzene rings is 2. The Morgan fingerprint density at radius 1 is 1.09 bits per heavy atom. The summed E-state index contributed by atoms with van der Waals surface area (Å²) in [5, 5.41) is 3.45. The lowest BCUT2D eigenvalue weighted by atomic mass is 10.3. The normalized spacial score (nSPS) is 10.2. The van der Waals surface area contributed by atoms with Crippen LogP contribution in [0.5, 0.6) is 11.5 Å². The summed E-state index contributed by atoms with van der Waals surface area (Å²) >= 11 is 7.37. The molecule has 0 saturated heterocycles. The van der Waals surface area contributed by atoms with Gasteiger partial charge in [0, 0.05) is 10.7 Å². The Bertz CT molecular complexity index is 634. The lowest BCUT2D eigenvalue weighted by molar-refractivity contribution is -0.113. The highest BCUT2D eigenvalue weighted by Gasteiger charge is 2.01. The van der Waals surface area contributed by atoms with E-state index in [0.717, 1.165) is 11.4 Å². The summed E-state index contributed by atoms with van der Waals surface area (Å²) in [4.78, 5) is 11.5. The maximum Gasteiger partial charge on any atom is 0.234 e. The first kappa shape index (κ1) is 17.5. The van der Waals surface area contributed by atoms with Crippen LogP contribution in [-0.4, -0.2) is 31.1 Å². The molecule has 0 fully saturated rings. The van der Waals surface area contributed by atoms with Crippen LogP contribution in [0.2, 0.25) is 5.02 Å². The van der Waals surface area contributed by atoms with Crippen LogP contribution in [0.1, 0.15) is 0 Å². The average Bonchev–Trinajstić information content (AvgIpc) is 2.53. The quantitative estimate of drug-likeness (QED) is 0.727. The maximum atomic E-state index is 11.5. The lowest BCUT2D eigenvalue weighted by Crippen LogP contribution is -2.13. The van der Waals surface area contributed by atoms with Gasteiger partial charge in [0.25, 0.3) is 0 Å². The number of hydrogen-bond donors (Lipinski definition) is 1. The van der Waals surface area contributed by atoms with E-state index in [1.165, 1.54) is 11.8 Å². The Hall–Kier alpha value is -1.85. The Morgan fingerprint density at radius 2 is 1.78 bits per heavy atom. The van der Waals surface area contributed by atoms with Gasteiger partial charge in [0.1, 0.15) is 24.7 Å². The molecule has 0 aliphatic heterocycles. The summed E-state index contributed by atoms with van der Waals surface area (Å²) in [6.45, 7) is 0.844. The molecule has 6 heteroatoms. The van der Waals surface area contributed by atoms with Crippen LogP contribution in [0.25, 0.3) is 0 Å². The maximum absolute atomic E-state index is 11.5. The Balaban J connectivity index is 1.72. The van der Waals surface area contributed by atoms with Gasteiger partial charge in [-0.15, -0.1) is 0 Å². The zero-order valence-corrected chi connectivity index (χ0v) is 14.3. The lowest BCUT2D eigenvalue weighted by Gasteiger charge is -2.09. The van der Waals surface area contributed by atoms with Crippen LogP contribution < -0.4 is 14.8 Å². The molecule has 0 radical (unpaired) electrons. The molecule has 4 nitrogen and oxygen atoms in total. The summed E-state index contributed by atoms with van der Waals surface area (Å²) in [5.41, 5.74) is 0.756. The number of amides is 1. The second-order valence-corrected chi connectivity index (χ2v) is 5.96. The van der Waals surface area contributed by atoms with Gasteiger partial charge in [-0.05, 0) is 48.7 Å². The molecule has 23 heavy (non-hydrogen) atoms. The molecule has 0 atom stereocenters. The van der Waals surface area contributed by atoms with Crippen molar-refractivity contribution in [2.75, 3.05) is 30.5 Å². The molecule has 0 spiro atoms. The van der Waals surface area contributed by atoms with Crippen LogP contribution in [0, 0.1) is 0 Å². The van der Waals surface area contributed by atoms with E-state index in [9.17, 15) is 4.79 Å². The minimum atomic E-state index is -0.0129. The average molecular weight is 352 g/mol. The highest BCUT2D eigenvalue weighted by Crippen LogP contribution is 2.18. The fourth-order valence-corrected chi connectivity index (χ4v) is 2.35. The Labute approximate surface area is 145 Å². The second-order valence-electron chi connectivity index (χ2n) is 4.66. The van der Waals surface area contributed by atoms with Crippen LogP contribution >= 0.6 is 23.4 Å². The van der Waals surface area contributed by atoms with Crippen LogP contribution in [0.15, 0.2) is 48.5 Å². The molecule has 0 unspecified atom stereocenters. The SMILES string of the molecule is CSCC(=O)Nc1ccc(OCCOc2cccc(Cl)c2)cc1. The van der Waals surface area contributed by atoms with Gasteiger partial charge < -0.3 is 14.8 Å². The minimum absolute atomic E-state index is 0.0129. The first-order valence-electron chi connectivity index (χ1n) is 7.07. The summed E-state index contributed by atoms with van der Waals surface area (Å²) in [7, 11) is 0. The number of anilines is 1. The molecule has 1 amide bonds. The first-order valence-corrected chi connectivity index (χ1v) is 8.84. The molecule has 1 N–H and O–H groups in total. The van der Waals surface area contributed by atoms with Gasteiger partial charge in [-0.25, -0.2) is 0 Å². The van der Waals surface area contributed by atoms with Crippen molar-refractivity contribution in [1.29, 1.82) is 0 Å². The fourth-order valence-electron chi connectivity index (χ4n) is 1.84. The molecule has 0 aliphatic rings. The largest absolute Gasteiger partial charge is 0.490 e. The molecule has 0 saturated carbocycles. The van der Waals surface area contributed by atoms with E-state index in [-0.39, 0.29) is 5.91 Å². The van der Waals surface area contributed by atoms with E-state index in [2.05, 4.69) is 5.32 Å². The van der Waals surface area contributed by atoms with E-state index in [1.54, 1.807) is 12.1 Å². The van der Waals surface area contributed by atoms with Gasteiger partial charge in [-0.1, -0.05) is 17.7 Å². The fraction of sp³-hybridized carbons (Fsp3) is 0.235. The molecule has 0 bridgehead atoms. The molecular formula is C17H18ClNO3S. The van der Waals surface area contributed by atoms with Crippen molar-refractivity contribution in [3.63, 3.8) is 0 Å². The zero-order chi connectivity index (χ0) is 16.5. The molecule has 2 rings (SSSR count). The number of thioether (sulfide) groups is 1. The van der Waals surface area contributed by atoms with Gasteiger partial charge in [-0.2, -0.15) is 11.8 Å². The topological polar surface area (TPSA) is 47.6 Å². The highest BCUT2D eigenvalue weighted by molar-refractivity contribution is 7.99. The van der Waals surface area contributed by atoms with Gasteiger partial charge in [0.2, 0.25) is 5.91 Å². The predicted octanol–water partition coefficient (Wildman–Crippen LogP) is 4.10. The first-order chi connectivity index (χ1) is 11.2. The van der Waals surface area contributed by atoms with Crippen molar-refractivity contribution in [3.8, 4) is 11.5 Å². The molecule has 0 aromatic heterocycles. The van der Waals surface area contributed by atoms with E-state index in [0.29, 0.717) is 29.7 Å². The Kier molecular flexibility index (Phi) is 7.10. The molecule has 2 aromatic rings. The standard InChI is InChI=1S/C17H18ClNO3S/c1-23-12-17(20)19-14-5-7-15(8-6-14)21-9-10-22-16-4-2-3-13(18)11-16/h2-8,11H,9-10,12H2,1H3,(H,19,20). The van der Waals surface area contributed by atoms with Gasteiger partial charge in [0.05, 0.1) is 5.75 Å². The van der Waals surface area contributed by atoms with Crippen molar-refractivity contribution in [1.82, 2.24) is 0 Å². The number of ether oxygens (including phenoxy) is 2. The third-order valence-electron chi connectivity index (χ3n) is 2.83. The van der Waals surface area contributed by atoms with E-state index < -0.39 is 0 Å². The monoisotopic (exact) mass is 351 g/mol. The smallest absolute Gasteiger partial charge is 0.234 e. The molecule has 2 aromatic carbocycles. The van der Waals surface area contributed by atoms with Gasteiger partial charge in [-0.3, -0.25) is 4.79 Å². The minimum Gasteiger partial charge on any atom is -0.490 e. The van der Waals surface area contributed by atoms with E-state index in [1.807, 2.05) is 42.7 Å². The van der Waals surface area contributed by atoms with E-state index in [4.69, 9.17) is 21.1 Å². The third kappa shape index (κ3) is 6.42. The highest BCUT2D eigenvalue weighted by atomic mass is 35.5. The summed E-state index contributed by atoms with van der Waals surface area (Å²) in [6.07, 6.45) is 1.89. The Morgan fingerprint density at radius 3 is 2.43 bits per heavy atom. The number of nitrogens with one attached hydrogen (secondary N) is 1. The number of halogens is 1. The predicted molar refractivity (Wildman–Crippen MR) is 95.9 cm³/mol. The van der Waals surface area contributed by atoms with Gasteiger partial charge in [0.15, 0.2) is 0 Å². The van der Waals surface area contributed by atoms with Crippen molar-refractivity contribution < 1.29 is 14.3 Å². The number of rotatable bonds is 8. The summed E-state index contributed by atoms with van der Waals surface area (Å²) < 4.78 is 11.1. The third-order valence-corrected chi connectivity index (χ3v) is 3.62. The molecule has 0 heterocycles. The number of carbonyl (C=O) groups is 1. The van der Waals surface area contributed by atoms with Crippen LogP contribution in [-0.2, 0) is 4.79 Å². The summed E-state index contributed by atoms with van der Waals surface area (Å²) in [6, 6.07) is 14.5. The number of hydrogen-bond acceptors (Lipinski definition) is 4. The molecule has 0 aliphatic carbocycles. The zero-order valence-electron chi connectivity index (χ0n) is 12.8. The van der Waals surface area contributed by atoms with Crippen LogP contribution in [0.3, 0.4) is 0 Å². The summed E-state index contributed by atoms with van der Waals surface area (Å²) in [5.74, 6) is 1.87. The van der Waals surface area contributed by atoms with Crippen molar-refractivity contribution in [3.05, 3.63) is 53.6 Å². The molecular weight excluding hydrogens is 334 g/mol. The van der Waals surface area contributed by atoms with Crippen LogP contribution in [0.4, 0.5) is 5.69 Å². The van der Waals surface area contributed by atoms with E-state index >= 15 is 0 Å². The second kappa shape index (κ2) is 9.33. The van der Waals surface area contributed by atoms with Crippen molar-refractivity contribution in [2.24, 2.45) is 0 Å².